The summed E-state index contributed by atoms with van der Waals surface area (Å²) in [6.07, 6.45) is -4.01. The van der Waals surface area contributed by atoms with E-state index in [0.717, 1.165) is 0 Å². The molecule has 2 aromatic heterocycles. The Labute approximate surface area is 178 Å². The minimum atomic E-state index is -1.28. The van der Waals surface area contributed by atoms with Crippen molar-refractivity contribution in [1.82, 2.24) is 19.5 Å². The largest absolute Gasteiger partial charge is 0.394 e. The van der Waals surface area contributed by atoms with Crippen molar-refractivity contribution in [3.63, 3.8) is 0 Å². The quantitative estimate of drug-likeness (QED) is 0.355. The molecule has 0 bridgehead atoms. The molecule has 162 valence electrons. The highest BCUT2D eigenvalue weighted by molar-refractivity contribution is 5.83. The van der Waals surface area contributed by atoms with Gasteiger partial charge in [-0.2, -0.15) is 0 Å². The van der Waals surface area contributed by atoms with Crippen molar-refractivity contribution < 1.29 is 25.2 Å². The fourth-order valence-corrected chi connectivity index (χ4v) is 3.41. The fourth-order valence-electron chi connectivity index (χ4n) is 3.41. The van der Waals surface area contributed by atoms with E-state index >= 15 is 0 Å². The molecule has 3 aromatic rings. The number of aromatic nitrogens is 4. The minimum Gasteiger partial charge on any atom is -0.394 e. The van der Waals surface area contributed by atoms with Crippen molar-refractivity contribution in [2.75, 3.05) is 18.5 Å². The summed E-state index contributed by atoms with van der Waals surface area (Å²) in [4.78, 5) is 13.1. The van der Waals surface area contributed by atoms with Crippen molar-refractivity contribution in [1.29, 1.82) is 0 Å². The maximum Gasteiger partial charge on any atom is 0.209 e. The van der Waals surface area contributed by atoms with Crippen molar-refractivity contribution in [3.8, 4) is 11.8 Å². The molecule has 0 aliphatic carbocycles. The molecule has 31 heavy (non-hydrogen) atoms. The second kappa shape index (κ2) is 8.97. The Bertz CT molecular complexity index is 1110. The molecule has 10 nitrogen and oxygen atoms in total. The second-order valence-corrected chi connectivity index (χ2v) is 7.06. The zero-order valence-corrected chi connectivity index (χ0v) is 16.8. The Kier molecular flexibility index (Phi) is 6.13. The highest BCUT2D eigenvalue weighted by Gasteiger charge is 2.44. The minimum absolute atomic E-state index is 0.145. The summed E-state index contributed by atoms with van der Waals surface area (Å²) < 4.78 is 7.07. The highest BCUT2D eigenvalue weighted by Crippen LogP contribution is 2.32. The number of nitrogens with one attached hydrogen (secondary N) is 1. The van der Waals surface area contributed by atoms with E-state index in [9.17, 15) is 20.4 Å². The molecule has 5 N–H and O–H groups in total. The summed E-state index contributed by atoms with van der Waals surface area (Å²) >= 11 is 0. The van der Waals surface area contributed by atoms with E-state index < -0.39 is 37.3 Å². The number of hydrogen-bond acceptors (Lipinski definition) is 9. The van der Waals surface area contributed by atoms with Crippen LogP contribution in [0.5, 0.6) is 0 Å². The molecule has 1 saturated heterocycles. The molecule has 3 heterocycles. The maximum atomic E-state index is 10.4. The molecule has 1 aliphatic rings. The number of hydrogen-bond donors (Lipinski definition) is 5. The predicted molar refractivity (Wildman–Crippen MR) is 111 cm³/mol. The highest BCUT2D eigenvalue weighted by atomic mass is 16.6. The van der Waals surface area contributed by atoms with E-state index in [1.54, 1.807) is 12.1 Å². The van der Waals surface area contributed by atoms with Crippen molar-refractivity contribution in [2.24, 2.45) is 0 Å². The van der Waals surface area contributed by atoms with E-state index in [4.69, 9.17) is 4.74 Å². The predicted octanol–water partition coefficient (Wildman–Crippen LogP) is -0.0453. The van der Waals surface area contributed by atoms with Gasteiger partial charge in [0.25, 0.3) is 0 Å². The van der Waals surface area contributed by atoms with Crippen LogP contribution in [-0.4, -0.2) is 71.4 Å². The molecule has 0 amide bonds. The van der Waals surface area contributed by atoms with Crippen LogP contribution in [0.4, 0.5) is 5.82 Å². The normalized spacial score (nSPS) is 24.0. The number of nitrogens with zero attached hydrogens (tertiary/aromatic N) is 4. The number of aliphatic hydroxyl groups is 4. The van der Waals surface area contributed by atoms with Gasteiger partial charge in [-0.15, -0.1) is 0 Å². The fraction of sp³-hybridized carbons (Fsp3) is 0.381. The molecule has 0 spiro atoms. The van der Waals surface area contributed by atoms with Gasteiger partial charge in [0.2, 0.25) is 5.82 Å². The first kappa shape index (κ1) is 21.2. The number of aliphatic hydroxyl groups excluding tert-OH is 4. The van der Waals surface area contributed by atoms with E-state index in [1.165, 1.54) is 10.9 Å². The number of rotatable bonds is 5. The van der Waals surface area contributed by atoms with Crippen LogP contribution in [0.15, 0.2) is 36.7 Å². The standard InChI is InChI=1S/C21H23N5O5/c1-2-22-19-16-20(26(11-23-16)21-18(30)17(29)14(10-27)31-21)25-15(24-19)9-8-13(28)12-6-4-3-5-7-12/h3-7,11,13-14,17-18,21,27-30H,2,10H2,1H3,(H,22,24,25)/t13?,14-,17-,18-,21-/m1/s1. The molecule has 10 heteroatoms. The molecular weight excluding hydrogens is 402 g/mol. The van der Waals surface area contributed by atoms with Crippen LogP contribution in [-0.2, 0) is 4.74 Å². The third kappa shape index (κ3) is 4.10. The van der Waals surface area contributed by atoms with Gasteiger partial charge in [-0.25, -0.2) is 15.0 Å². The zero-order valence-electron chi connectivity index (χ0n) is 16.8. The Hall–Kier alpha value is -3.07. The lowest BCUT2D eigenvalue weighted by Gasteiger charge is -2.16. The average Bonchev–Trinajstić information content (AvgIpc) is 3.34. The van der Waals surface area contributed by atoms with Crippen LogP contribution in [0.3, 0.4) is 0 Å². The first-order chi connectivity index (χ1) is 15.0. The van der Waals surface area contributed by atoms with Gasteiger partial charge in [-0.1, -0.05) is 36.3 Å². The Balaban J connectivity index is 1.73. The van der Waals surface area contributed by atoms with Crippen LogP contribution >= 0.6 is 0 Å². The summed E-state index contributed by atoms with van der Waals surface area (Å²) in [6, 6.07) is 9.01. The summed E-state index contributed by atoms with van der Waals surface area (Å²) in [7, 11) is 0. The lowest BCUT2D eigenvalue weighted by atomic mass is 10.1. The van der Waals surface area contributed by atoms with E-state index in [2.05, 4.69) is 32.1 Å². The van der Waals surface area contributed by atoms with Gasteiger partial charge in [0.15, 0.2) is 23.2 Å². The van der Waals surface area contributed by atoms with Crippen LogP contribution in [0.1, 0.15) is 30.6 Å². The first-order valence-electron chi connectivity index (χ1n) is 9.89. The molecule has 0 saturated carbocycles. The van der Waals surface area contributed by atoms with Crippen LogP contribution in [0.2, 0.25) is 0 Å². The topological polar surface area (TPSA) is 146 Å². The van der Waals surface area contributed by atoms with Crippen LogP contribution in [0.25, 0.3) is 11.2 Å². The van der Waals surface area contributed by atoms with Gasteiger partial charge in [0.05, 0.1) is 12.9 Å². The Morgan fingerprint density at radius 3 is 2.65 bits per heavy atom. The van der Waals surface area contributed by atoms with Crippen molar-refractivity contribution in [3.05, 3.63) is 48.0 Å². The summed E-state index contributed by atoms with van der Waals surface area (Å²) in [5, 5.41) is 43.2. The van der Waals surface area contributed by atoms with Gasteiger partial charge < -0.3 is 30.5 Å². The smallest absolute Gasteiger partial charge is 0.209 e. The number of benzene rings is 1. The number of ether oxygens (including phenoxy) is 1. The molecule has 1 aliphatic heterocycles. The molecule has 1 fully saturated rings. The van der Waals surface area contributed by atoms with E-state index in [0.29, 0.717) is 29.1 Å². The molecule has 1 unspecified atom stereocenters. The summed E-state index contributed by atoms with van der Waals surface area (Å²) in [5.74, 6) is 6.10. The van der Waals surface area contributed by atoms with Gasteiger partial charge in [0, 0.05) is 6.54 Å². The average molecular weight is 425 g/mol. The first-order valence-corrected chi connectivity index (χ1v) is 9.89. The molecule has 0 radical (unpaired) electrons. The van der Waals surface area contributed by atoms with E-state index in [1.807, 2.05) is 25.1 Å². The molecule has 1 aromatic carbocycles. The molecular formula is C21H23N5O5. The maximum absolute atomic E-state index is 10.4. The van der Waals surface area contributed by atoms with Gasteiger partial charge in [-0.05, 0) is 18.4 Å². The van der Waals surface area contributed by atoms with Crippen molar-refractivity contribution in [2.45, 2.75) is 37.6 Å². The zero-order chi connectivity index (χ0) is 22.0. The monoisotopic (exact) mass is 425 g/mol. The van der Waals surface area contributed by atoms with Gasteiger partial charge in [0.1, 0.15) is 24.4 Å². The second-order valence-electron chi connectivity index (χ2n) is 7.06. The Morgan fingerprint density at radius 1 is 1.19 bits per heavy atom. The van der Waals surface area contributed by atoms with E-state index in [-0.39, 0.29) is 5.82 Å². The Morgan fingerprint density at radius 2 is 1.97 bits per heavy atom. The van der Waals surface area contributed by atoms with Gasteiger partial charge >= 0.3 is 0 Å². The number of fused-ring (bicyclic) bond motifs is 1. The number of anilines is 1. The van der Waals surface area contributed by atoms with Crippen molar-refractivity contribution >= 4 is 17.0 Å². The van der Waals surface area contributed by atoms with Crippen LogP contribution < -0.4 is 5.32 Å². The summed E-state index contributed by atoms with van der Waals surface area (Å²) in [6.45, 7) is 2.04. The number of imidazole rings is 1. The molecule has 5 atom stereocenters. The lowest BCUT2D eigenvalue weighted by molar-refractivity contribution is -0.0511. The third-order valence-corrected chi connectivity index (χ3v) is 4.99. The van der Waals surface area contributed by atoms with Crippen LogP contribution in [0, 0.1) is 11.8 Å². The third-order valence-electron chi connectivity index (χ3n) is 4.99. The molecule has 4 rings (SSSR count). The van der Waals surface area contributed by atoms with Gasteiger partial charge in [-0.3, -0.25) is 4.57 Å². The SMILES string of the molecule is CCNc1nc(C#CC(O)c2ccccc2)nc2c1ncn2[C@@H]1O[C@H](CO)[C@@H](O)[C@H]1O. The lowest BCUT2D eigenvalue weighted by Crippen LogP contribution is -2.33. The summed E-state index contributed by atoms with van der Waals surface area (Å²) in [5.41, 5.74) is 1.42.